The molecule has 0 aliphatic carbocycles. The van der Waals surface area contributed by atoms with Gasteiger partial charge < -0.3 is 25.3 Å². The van der Waals surface area contributed by atoms with Gasteiger partial charge >= 0.3 is 0 Å². The Morgan fingerprint density at radius 2 is 1.23 bits per heavy atom. The van der Waals surface area contributed by atoms with E-state index in [1.165, 1.54) is 23.5 Å². The van der Waals surface area contributed by atoms with Gasteiger partial charge in [0.2, 0.25) is 11.8 Å². The van der Waals surface area contributed by atoms with Crippen LogP contribution in [0.25, 0.3) is 22.1 Å². The second-order valence-electron chi connectivity index (χ2n) is 9.95. The number of fused-ring (bicyclic) bond motifs is 2. The zero-order chi connectivity index (χ0) is 29.8. The van der Waals surface area contributed by atoms with Crippen molar-refractivity contribution >= 4 is 68.8 Å². The molecule has 0 bridgehead atoms. The fourth-order valence-corrected chi connectivity index (χ4v) is 5.75. The van der Waals surface area contributed by atoms with Crippen molar-refractivity contribution < 1.29 is 14.3 Å². The Hall–Kier alpha value is -4.74. The van der Waals surface area contributed by atoms with Crippen LogP contribution in [-0.2, 0) is 9.59 Å². The molecule has 6 rings (SSSR count). The van der Waals surface area contributed by atoms with E-state index in [-0.39, 0.29) is 23.3 Å². The molecular formula is C32H28N6O3S2. The van der Waals surface area contributed by atoms with Crippen molar-refractivity contribution in [2.75, 3.05) is 22.1 Å². The molecule has 0 aliphatic heterocycles. The summed E-state index contributed by atoms with van der Waals surface area (Å²) < 4.78 is 5.97. The van der Waals surface area contributed by atoms with Crippen LogP contribution in [0.15, 0.2) is 95.2 Å². The zero-order valence-corrected chi connectivity index (χ0v) is 25.1. The number of hydrogen-bond donors (Lipinski definition) is 4. The van der Waals surface area contributed by atoms with Crippen LogP contribution in [0, 0.1) is 13.8 Å². The summed E-state index contributed by atoms with van der Waals surface area (Å²) in [6.07, 6.45) is 0. The Bertz CT molecular complexity index is 1930. The summed E-state index contributed by atoms with van der Waals surface area (Å²) in [5, 5.41) is 7.21. The van der Waals surface area contributed by atoms with Gasteiger partial charge in [-0.25, -0.2) is 9.97 Å². The minimum absolute atomic E-state index is 0.132. The van der Waals surface area contributed by atoms with E-state index in [0.29, 0.717) is 33.2 Å². The molecule has 0 saturated carbocycles. The van der Waals surface area contributed by atoms with Crippen molar-refractivity contribution in [1.29, 1.82) is 0 Å². The van der Waals surface area contributed by atoms with E-state index in [4.69, 9.17) is 4.74 Å². The molecule has 0 saturated heterocycles. The first-order valence-corrected chi connectivity index (χ1v) is 15.5. The Labute approximate surface area is 256 Å². The second kappa shape index (κ2) is 12.6. The van der Waals surface area contributed by atoms with Gasteiger partial charge in [-0.3, -0.25) is 9.59 Å². The molecule has 2 amide bonds. The highest BCUT2D eigenvalue weighted by molar-refractivity contribution is 8.00. The Morgan fingerprint density at radius 1 is 0.674 bits per heavy atom. The van der Waals surface area contributed by atoms with Gasteiger partial charge in [-0.1, -0.05) is 41.7 Å². The highest BCUT2D eigenvalue weighted by Crippen LogP contribution is 2.27. The molecule has 43 heavy (non-hydrogen) atoms. The third-order valence-corrected chi connectivity index (χ3v) is 8.15. The van der Waals surface area contributed by atoms with E-state index >= 15 is 0 Å². The molecule has 216 valence electrons. The van der Waals surface area contributed by atoms with Crippen LogP contribution in [0.5, 0.6) is 11.5 Å². The number of anilines is 2. The number of carbonyl (C=O) groups is 2. The van der Waals surface area contributed by atoms with E-state index in [1.807, 2.05) is 68.4 Å². The summed E-state index contributed by atoms with van der Waals surface area (Å²) in [6.45, 7) is 4.06. The number of H-pyrrole nitrogens is 2. The van der Waals surface area contributed by atoms with Gasteiger partial charge in [0.15, 0.2) is 10.3 Å². The molecule has 0 spiro atoms. The first-order valence-electron chi connectivity index (χ1n) is 13.5. The third kappa shape index (κ3) is 7.37. The van der Waals surface area contributed by atoms with Crippen LogP contribution in [0.3, 0.4) is 0 Å². The van der Waals surface area contributed by atoms with Crippen LogP contribution in [0.4, 0.5) is 11.4 Å². The number of aryl methyl sites for hydroxylation is 2. The van der Waals surface area contributed by atoms with Crippen molar-refractivity contribution in [2.45, 2.75) is 24.2 Å². The number of nitrogens with one attached hydrogen (secondary N) is 4. The van der Waals surface area contributed by atoms with E-state index < -0.39 is 0 Å². The fraction of sp³-hybridized carbons (Fsp3) is 0.125. The van der Waals surface area contributed by atoms with Gasteiger partial charge in [0.05, 0.1) is 33.6 Å². The summed E-state index contributed by atoms with van der Waals surface area (Å²) in [4.78, 5) is 40.6. The van der Waals surface area contributed by atoms with Gasteiger partial charge in [0.1, 0.15) is 11.5 Å². The topological polar surface area (TPSA) is 125 Å². The lowest BCUT2D eigenvalue weighted by Crippen LogP contribution is -2.14. The van der Waals surface area contributed by atoms with Gasteiger partial charge in [0.25, 0.3) is 0 Å². The SMILES string of the molecule is Cc1ccc2nc(SCC(=O)Nc3ccc(Oc4cccc(NC(=O)CSc5nc6ccc(C)cc6[nH]5)c4)cc3)[nH]c2c1. The number of benzene rings is 4. The minimum atomic E-state index is -0.146. The number of rotatable bonds is 10. The van der Waals surface area contributed by atoms with Crippen LogP contribution in [0.2, 0.25) is 0 Å². The normalized spacial score (nSPS) is 11.1. The number of hydrogen-bond acceptors (Lipinski definition) is 7. The number of ether oxygens (including phenoxy) is 1. The molecule has 4 aromatic carbocycles. The Kier molecular flexibility index (Phi) is 8.34. The number of aromatic nitrogens is 4. The maximum absolute atomic E-state index is 12.6. The first kappa shape index (κ1) is 28.4. The molecular weight excluding hydrogens is 581 g/mol. The third-order valence-electron chi connectivity index (χ3n) is 6.40. The summed E-state index contributed by atoms with van der Waals surface area (Å²) in [7, 11) is 0. The maximum Gasteiger partial charge on any atom is 0.234 e. The highest BCUT2D eigenvalue weighted by atomic mass is 32.2. The fourth-order valence-electron chi connectivity index (χ4n) is 4.38. The molecule has 0 atom stereocenters. The number of aromatic amines is 2. The summed E-state index contributed by atoms with van der Waals surface area (Å²) in [6, 6.07) is 26.3. The van der Waals surface area contributed by atoms with Gasteiger partial charge in [-0.05, 0) is 85.6 Å². The maximum atomic E-state index is 12.6. The molecule has 9 nitrogen and oxygen atoms in total. The molecule has 0 fully saturated rings. The predicted molar refractivity (Wildman–Crippen MR) is 173 cm³/mol. The van der Waals surface area contributed by atoms with Gasteiger partial charge in [0, 0.05) is 17.4 Å². The molecule has 4 N–H and O–H groups in total. The summed E-state index contributed by atoms with van der Waals surface area (Å²) >= 11 is 2.70. The van der Waals surface area contributed by atoms with E-state index in [1.54, 1.807) is 30.3 Å². The van der Waals surface area contributed by atoms with Crippen LogP contribution >= 0.6 is 23.5 Å². The number of carbonyl (C=O) groups excluding carboxylic acids is 2. The lowest BCUT2D eigenvalue weighted by atomic mass is 10.2. The predicted octanol–water partition coefficient (Wildman–Crippen LogP) is 7.31. The lowest BCUT2D eigenvalue weighted by Gasteiger charge is -2.10. The summed E-state index contributed by atoms with van der Waals surface area (Å²) in [5.41, 5.74) is 7.26. The highest BCUT2D eigenvalue weighted by Gasteiger charge is 2.10. The van der Waals surface area contributed by atoms with Crippen molar-refractivity contribution in [1.82, 2.24) is 19.9 Å². The Balaban J connectivity index is 0.976. The summed E-state index contributed by atoms with van der Waals surface area (Å²) in [5.74, 6) is 1.34. The largest absolute Gasteiger partial charge is 0.457 e. The van der Waals surface area contributed by atoms with Crippen LogP contribution in [0.1, 0.15) is 11.1 Å². The van der Waals surface area contributed by atoms with E-state index in [2.05, 4.69) is 30.6 Å². The molecule has 0 aliphatic rings. The molecule has 2 heterocycles. The second-order valence-corrected chi connectivity index (χ2v) is 11.9. The minimum Gasteiger partial charge on any atom is -0.457 e. The number of thioether (sulfide) groups is 2. The quantitative estimate of drug-likeness (QED) is 0.120. The number of imidazole rings is 2. The number of nitrogens with zero attached hydrogens (tertiary/aromatic N) is 2. The molecule has 11 heteroatoms. The molecule has 6 aromatic rings. The van der Waals surface area contributed by atoms with Crippen molar-refractivity contribution in [3.05, 3.63) is 96.1 Å². The molecule has 0 radical (unpaired) electrons. The van der Waals surface area contributed by atoms with Crippen molar-refractivity contribution in [2.24, 2.45) is 0 Å². The molecule has 0 unspecified atom stereocenters. The Morgan fingerprint density at radius 3 is 1.81 bits per heavy atom. The monoisotopic (exact) mass is 608 g/mol. The lowest BCUT2D eigenvalue weighted by molar-refractivity contribution is -0.114. The van der Waals surface area contributed by atoms with Crippen molar-refractivity contribution in [3.8, 4) is 11.5 Å². The zero-order valence-electron chi connectivity index (χ0n) is 23.4. The first-order chi connectivity index (χ1) is 20.9. The average molecular weight is 609 g/mol. The smallest absolute Gasteiger partial charge is 0.234 e. The standard InChI is InChI=1S/C32H28N6O3S2/c1-19-6-12-25-27(14-19)37-31(35-25)42-17-29(39)33-21-8-10-23(11-9-21)41-24-5-3-4-22(16-24)34-30(40)18-43-32-36-26-13-7-20(2)15-28(26)38-32/h3-16H,17-18H2,1-2H3,(H,33,39)(H,34,40)(H,35,37)(H,36,38). The van der Waals surface area contributed by atoms with E-state index in [0.717, 1.165) is 33.2 Å². The van der Waals surface area contributed by atoms with Crippen LogP contribution in [-0.4, -0.2) is 43.3 Å². The van der Waals surface area contributed by atoms with Gasteiger partial charge in [-0.2, -0.15) is 0 Å². The molecule has 2 aromatic heterocycles. The van der Waals surface area contributed by atoms with E-state index in [9.17, 15) is 9.59 Å². The van der Waals surface area contributed by atoms with Crippen LogP contribution < -0.4 is 15.4 Å². The average Bonchev–Trinajstić information content (AvgIpc) is 3.59. The number of amides is 2. The van der Waals surface area contributed by atoms with Crippen molar-refractivity contribution in [3.63, 3.8) is 0 Å². The van der Waals surface area contributed by atoms with Gasteiger partial charge in [-0.15, -0.1) is 0 Å².